The van der Waals surface area contributed by atoms with Crippen molar-refractivity contribution in [2.24, 2.45) is 5.92 Å². The molecule has 0 radical (unpaired) electrons. The van der Waals surface area contributed by atoms with Crippen LogP contribution in [0, 0.1) is 9.49 Å². The van der Waals surface area contributed by atoms with Crippen molar-refractivity contribution in [1.29, 1.82) is 0 Å². The third-order valence-corrected chi connectivity index (χ3v) is 5.75. The molecule has 2 unspecified atom stereocenters. The molecule has 2 atom stereocenters. The first-order valence-electron chi connectivity index (χ1n) is 8.00. The quantitative estimate of drug-likeness (QED) is 0.732. The maximum Gasteiger partial charge on any atom is 0.223 e. The molecule has 3 rings (SSSR count). The van der Waals surface area contributed by atoms with Crippen LogP contribution >= 0.6 is 35.0 Å². The minimum absolute atomic E-state index is 0. The molecular weight excluding hydrogens is 411 g/mol. The molecule has 1 amide bonds. The highest BCUT2D eigenvalue weighted by Crippen LogP contribution is 2.35. The van der Waals surface area contributed by atoms with Crippen molar-refractivity contribution >= 4 is 40.9 Å². The van der Waals surface area contributed by atoms with E-state index in [0.717, 1.165) is 38.9 Å². The van der Waals surface area contributed by atoms with Crippen LogP contribution in [0.3, 0.4) is 0 Å². The molecule has 5 heteroatoms. The highest BCUT2D eigenvalue weighted by molar-refractivity contribution is 14.1. The number of hydrogen-bond acceptors (Lipinski definition) is 2. The summed E-state index contributed by atoms with van der Waals surface area (Å²) < 4.78 is 1.28. The Kier molecular flexibility index (Phi) is 6.96. The van der Waals surface area contributed by atoms with Gasteiger partial charge in [-0.1, -0.05) is 18.2 Å². The number of carbonyl (C=O) groups excluding carboxylic acids is 1. The topological polar surface area (TPSA) is 32.3 Å². The number of hydrogen-bond donors (Lipinski definition) is 1. The van der Waals surface area contributed by atoms with E-state index >= 15 is 0 Å². The summed E-state index contributed by atoms with van der Waals surface area (Å²) in [6.07, 6.45) is 5.23. The van der Waals surface area contributed by atoms with Gasteiger partial charge in [0.2, 0.25) is 5.91 Å². The van der Waals surface area contributed by atoms with Crippen molar-refractivity contribution < 1.29 is 4.79 Å². The van der Waals surface area contributed by atoms with E-state index in [9.17, 15) is 4.79 Å². The van der Waals surface area contributed by atoms with Crippen LogP contribution < -0.4 is 5.32 Å². The monoisotopic (exact) mass is 434 g/mol. The molecule has 1 aromatic rings. The highest BCUT2D eigenvalue weighted by Gasteiger charge is 2.31. The maximum absolute atomic E-state index is 12.6. The first-order chi connectivity index (χ1) is 10.3. The van der Waals surface area contributed by atoms with Gasteiger partial charge in [0.1, 0.15) is 0 Å². The van der Waals surface area contributed by atoms with Gasteiger partial charge in [0, 0.05) is 16.5 Å². The lowest BCUT2D eigenvalue weighted by atomic mass is 10.0. The van der Waals surface area contributed by atoms with Crippen LogP contribution in [0.5, 0.6) is 0 Å². The van der Waals surface area contributed by atoms with Crippen molar-refractivity contribution in [2.45, 2.75) is 38.1 Å². The molecule has 0 spiro atoms. The van der Waals surface area contributed by atoms with Crippen LogP contribution in [0.4, 0.5) is 0 Å². The van der Waals surface area contributed by atoms with E-state index in [0.29, 0.717) is 24.3 Å². The largest absolute Gasteiger partial charge is 0.336 e. The van der Waals surface area contributed by atoms with Gasteiger partial charge in [0.15, 0.2) is 0 Å². The molecule has 1 N–H and O–H groups in total. The van der Waals surface area contributed by atoms with E-state index in [-0.39, 0.29) is 12.4 Å². The fraction of sp³-hybridized carbons (Fsp3) is 0.588. The van der Waals surface area contributed by atoms with Crippen molar-refractivity contribution in [3.05, 3.63) is 33.4 Å². The van der Waals surface area contributed by atoms with Crippen molar-refractivity contribution in [1.82, 2.24) is 10.2 Å². The van der Waals surface area contributed by atoms with E-state index in [4.69, 9.17) is 0 Å². The Bertz CT molecular complexity index is 505. The Labute approximate surface area is 152 Å². The van der Waals surface area contributed by atoms with Gasteiger partial charge in [-0.2, -0.15) is 0 Å². The lowest BCUT2D eigenvalue weighted by molar-refractivity contribution is -0.132. The number of nitrogens with one attached hydrogen (secondary N) is 1. The second-order valence-corrected chi connectivity index (χ2v) is 7.33. The predicted octanol–water partition coefficient (Wildman–Crippen LogP) is 3.77. The van der Waals surface area contributed by atoms with E-state index in [1.54, 1.807) is 0 Å². The molecule has 122 valence electrons. The van der Waals surface area contributed by atoms with Gasteiger partial charge in [0.05, 0.1) is 6.04 Å². The molecule has 0 aliphatic carbocycles. The zero-order valence-corrected chi connectivity index (χ0v) is 15.7. The molecule has 0 aromatic heterocycles. The summed E-state index contributed by atoms with van der Waals surface area (Å²) in [5, 5.41) is 3.38. The smallest absolute Gasteiger partial charge is 0.223 e. The summed E-state index contributed by atoms with van der Waals surface area (Å²) in [6, 6.07) is 8.77. The summed E-state index contributed by atoms with van der Waals surface area (Å²) in [4.78, 5) is 14.7. The van der Waals surface area contributed by atoms with Gasteiger partial charge in [-0.15, -0.1) is 12.4 Å². The highest BCUT2D eigenvalue weighted by atomic mass is 127. The molecule has 2 fully saturated rings. The van der Waals surface area contributed by atoms with Gasteiger partial charge in [-0.3, -0.25) is 4.79 Å². The van der Waals surface area contributed by atoms with Crippen LogP contribution in [-0.2, 0) is 4.79 Å². The Morgan fingerprint density at radius 3 is 2.86 bits per heavy atom. The summed E-state index contributed by atoms with van der Waals surface area (Å²) >= 11 is 2.39. The summed E-state index contributed by atoms with van der Waals surface area (Å²) in [5.74, 6) is 1.05. The average molecular weight is 435 g/mol. The number of rotatable bonds is 4. The number of nitrogens with zero attached hydrogens (tertiary/aromatic N) is 1. The minimum Gasteiger partial charge on any atom is -0.336 e. The number of benzene rings is 1. The second kappa shape index (κ2) is 8.50. The Balaban J connectivity index is 0.00000176. The Morgan fingerprint density at radius 1 is 1.32 bits per heavy atom. The zero-order valence-electron chi connectivity index (χ0n) is 12.8. The number of amides is 1. The summed E-state index contributed by atoms with van der Waals surface area (Å²) in [7, 11) is 0. The third kappa shape index (κ3) is 4.15. The number of carbonyl (C=O) groups is 1. The lowest BCUT2D eigenvalue weighted by Gasteiger charge is -2.26. The molecule has 2 heterocycles. The third-order valence-electron chi connectivity index (χ3n) is 4.77. The van der Waals surface area contributed by atoms with E-state index < -0.39 is 0 Å². The number of likely N-dealkylation sites (tertiary alicyclic amines) is 1. The molecule has 0 bridgehead atoms. The van der Waals surface area contributed by atoms with E-state index in [2.05, 4.69) is 57.1 Å². The number of halogens is 2. The van der Waals surface area contributed by atoms with Crippen LogP contribution in [0.15, 0.2) is 24.3 Å². The first kappa shape index (κ1) is 18.0. The van der Waals surface area contributed by atoms with Crippen LogP contribution in [-0.4, -0.2) is 30.4 Å². The van der Waals surface area contributed by atoms with Gasteiger partial charge in [-0.05, 0) is 78.9 Å². The van der Waals surface area contributed by atoms with Crippen LogP contribution in [0.2, 0.25) is 0 Å². The maximum atomic E-state index is 12.6. The standard InChI is InChI=1S/C17H23IN2O.ClH/c18-15-5-2-1-4-14(15)16-6-3-11-20(16)17(21)8-7-13-9-10-19-12-13;/h1-2,4-5,13,16,19H,3,6-12H2;1H. The summed E-state index contributed by atoms with van der Waals surface area (Å²) in [6.45, 7) is 3.14. The van der Waals surface area contributed by atoms with Crippen molar-refractivity contribution in [2.75, 3.05) is 19.6 Å². The Morgan fingerprint density at radius 2 is 2.14 bits per heavy atom. The molecular formula is C17H24ClIN2O. The lowest BCUT2D eigenvalue weighted by Crippen LogP contribution is -2.31. The molecule has 3 nitrogen and oxygen atoms in total. The molecule has 2 aliphatic rings. The normalized spacial score (nSPS) is 24.3. The predicted molar refractivity (Wildman–Crippen MR) is 100 cm³/mol. The van der Waals surface area contributed by atoms with Gasteiger partial charge in [-0.25, -0.2) is 0 Å². The molecule has 2 saturated heterocycles. The zero-order chi connectivity index (χ0) is 14.7. The van der Waals surface area contributed by atoms with Crippen molar-refractivity contribution in [3.63, 3.8) is 0 Å². The second-order valence-electron chi connectivity index (χ2n) is 6.16. The molecule has 1 aromatic carbocycles. The SMILES string of the molecule is Cl.O=C(CCC1CCNC1)N1CCCC1c1ccccc1I. The van der Waals surface area contributed by atoms with Gasteiger partial charge >= 0.3 is 0 Å². The van der Waals surface area contributed by atoms with Crippen molar-refractivity contribution in [3.8, 4) is 0 Å². The van der Waals surface area contributed by atoms with Gasteiger partial charge in [0.25, 0.3) is 0 Å². The van der Waals surface area contributed by atoms with E-state index in [1.807, 2.05) is 0 Å². The summed E-state index contributed by atoms with van der Waals surface area (Å²) in [5.41, 5.74) is 1.33. The van der Waals surface area contributed by atoms with Gasteiger partial charge < -0.3 is 10.2 Å². The minimum atomic E-state index is 0. The first-order valence-corrected chi connectivity index (χ1v) is 9.08. The van der Waals surface area contributed by atoms with Crippen LogP contribution in [0.1, 0.15) is 43.7 Å². The fourth-order valence-corrected chi connectivity index (χ4v) is 4.31. The van der Waals surface area contributed by atoms with E-state index in [1.165, 1.54) is 15.6 Å². The molecule has 0 saturated carbocycles. The molecule has 2 aliphatic heterocycles. The molecule has 22 heavy (non-hydrogen) atoms. The Hall–Kier alpha value is -0.330. The fourth-order valence-electron chi connectivity index (χ4n) is 3.57. The average Bonchev–Trinajstić information content (AvgIpc) is 3.16. The van der Waals surface area contributed by atoms with Crippen LogP contribution in [0.25, 0.3) is 0 Å².